The average molecular weight is 277 g/mol. The van der Waals surface area contributed by atoms with Crippen molar-refractivity contribution >= 4 is 5.91 Å². The Balaban J connectivity index is 1.95. The van der Waals surface area contributed by atoms with Gasteiger partial charge in [0.25, 0.3) is 5.91 Å². The summed E-state index contributed by atoms with van der Waals surface area (Å²) >= 11 is 0. The number of hydrogen-bond donors (Lipinski definition) is 1. The predicted molar refractivity (Wildman–Crippen MR) is 77.7 cm³/mol. The lowest BCUT2D eigenvalue weighted by Crippen LogP contribution is -2.46. The van der Waals surface area contributed by atoms with Crippen molar-refractivity contribution in [3.05, 3.63) is 24.0 Å². The number of hydrogen-bond acceptors (Lipinski definition) is 4. The molecule has 0 saturated carbocycles. The van der Waals surface area contributed by atoms with Gasteiger partial charge in [0.05, 0.1) is 11.8 Å². The Morgan fingerprint density at radius 1 is 1.35 bits per heavy atom. The topological polar surface area (TPSA) is 56.7 Å². The van der Waals surface area contributed by atoms with Gasteiger partial charge in [0.2, 0.25) is 0 Å². The number of aromatic nitrogens is 1. The Morgan fingerprint density at radius 2 is 2.00 bits per heavy atom. The van der Waals surface area contributed by atoms with Gasteiger partial charge in [-0.1, -0.05) is 13.8 Å². The first-order valence-corrected chi connectivity index (χ1v) is 7.33. The van der Waals surface area contributed by atoms with Crippen LogP contribution in [0.2, 0.25) is 0 Å². The minimum atomic E-state index is -0.0357. The van der Waals surface area contributed by atoms with Gasteiger partial charge in [-0.3, -0.25) is 9.78 Å². The summed E-state index contributed by atoms with van der Waals surface area (Å²) in [6.45, 7) is 8.03. The number of rotatable bonds is 4. The zero-order chi connectivity index (χ0) is 14.5. The fraction of sp³-hybridized carbons (Fsp3) is 0.600. The zero-order valence-electron chi connectivity index (χ0n) is 12.2. The van der Waals surface area contributed by atoms with Crippen molar-refractivity contribution in [1.29, 1.82) is 0 Å². The second-order valence-electron chi connectivity index (χ2n) is 5.18. The monoisotopic (exact) mass is 277 g/mol. The number of pyridine rings is 1. The van der Waals surface area contributed by atoms with Crippen LogP contribution in [0.25, 0.3) is 0 Å². The molecule has 0 aromatic carbocycles. The highest BCUT2D eigenvalue weighted by atomic mass is 16.3. The van der Waals surface area contributed by atoms with Crippen molar-refractivity contribution < 1.29 is 9.90 Å². The Labute approximate surface area is 120 Å². The van der Waals surface area contributed by atoms with Crippen LogP contribution in [-0.2, 0) is 0 Å². The van der Waals surface area contributed by atoms with Crippen molar-refractivity contribution in [3.63, 3.8) is 0 Å². The molecule has 1 aromatic rings. The Kier molecular flexibility index (Phi) is 4.95. The van der Waals surface area contributed by atoms with Crippen LogP contribution in [0.3, 0.4) is 0 Å². The molecule has 0 radical (unpaired) electrons. The van der Waals surface area contributed by atoms with Crippen molar-refractivity contribution in [3.8, 4) is 5.75 Å². The van der Waals surface area contributed by atoms with Gasteiger partial charge in [0.1, 0.15) is 5.75 Å². The lowest BCUT2D eigenvalue weighted by atomic mass is 10.0. The van der Waals surface area contributed by atoms with Crippen LogP contribution < -0.4 is 0 Å². The fourth-order valence-corrected chi connectivity index (χ4v) is 2.90. The molecule has 0 aliphatic carbocycles. The van der Waals surface area contributed by atoms with Crippen molar-refractivity contribution in [2.24, 2.45) is 0 Å². The third-order valence-electron chi connectivity index (χ3n) is 4.05. The molecule has 0 unspecified atom stereocenters. The van der Waals surface area contributed by atoms with Gasteiger partial charge in [0.15, 0.2) is 0 Å². The van der Waals surface area contributed by atoms with Gasteiger partial charge in [-0.25, -0.2) is 0 Å². The summed E-state index contributed by atoms with van der Waals surface area (Å²) in [5.41, 5.74) is 0.464. The van der Waals surface area contributed by atoms with Crippen LogP contribution in [0.5, 0.6) is 5.75 Å². The van der Waals surface area contributed by atoms with E-state index in [0.29, 0.717) is 11.6 Å². The maximum Gasteiger partial charge on any atom is 0.255 e. The summed E-state index contributed by atoms with van der Waals surface area (Å²) in [5, 5.41) is 9.40. The van der Waals surface area contributed by atoms with Gasteiger partial charge in [-0.2, -0.15) is 0 Å². The van der Waals surface area contributed by atoms with E-state index in [9.17, 15) is 9.90 Å². The molecule has 0 atom stereocenters. The number of nitrogens with zero attached hydrogens (tertiary/aromatic N) is 3. The number of carbonyl (C=O) groups is 1. The molecule has 110 valence electrons. The highest BCUT2D eigenvalue weighted by Crippen LogP contribution is 2.19. The van der Waals surface area contributed by atoms with Gasteiger partial charge >= 0.3 is 0 Å². The van der Waals surface area contributed by atoms with E-state index in [1.807, 2.05) is 4.90 Å². The zero-order valence-corrected chi connectivity index (χ0v) is 12.2. The minimum absolute atomic E-state index is 0.0357. The van der Waals surface area contributed by atoms with E-state index in [4.69, 9.17) is 0 Å². The van der Waals surface area contributed by atoms with E-state index in [1.54, 1.807) is 0 Å². The second kappa shape index (κ2) is 6.70. The molecule has 1 N–H and O–H groups in total. The molecular weight excluding hydrogens is 254 g/mol. The molecule has 1 fully saturated rings. The third-order valence-corrected chi connectivity index (χ3v) is 4.05. The Hall–Kier alpha value is -1.62. The van der Waals surface area contributed by atoms with E-state index in [0.717, 1.165) is 39.0 Å². The van der Waals surface area contributed by atoms with Crippen molar-refractivity contribution in [2.45, 2.75) is 32.7 Å². The summed E-state index contributed by atoms with van der Waals surface area (Å²) < 4.78 is 0. The number of piperidine rings is 1. The van der Waals surface area contributed by atoms with E-state index < -0.39 is 0 Å². The molecular formula is C15H23N3O2. The summed E-state index contributed by atoms with van der Waals surface area (Å²) in [6.07, 6.45) is 4.88. The SMILES string of the molecule is CCN(CC)C1CCN(C(=O)c2cncc(O)c2)CC1. The van der Waals surface area contributed by atoms with Crippen molar-refractivity contribution in [1.82, 2.24) is 14.8 Å². The predicted octanol–water partition coefficient (Wildman–Crippen LogP) is 1.73. The molecule has 1 aliphatic rings. The van der Waals surface area contributed by atoms with E-state index in [2.05, 4.69) is 23.7 Å². The molecule has 0 spiro atoms. The quantitative estimate of drug-likeness (QED) is 0.910. The van der Waals surface area contributed by atoms with Gasteiger partial charge in [-0.05, 0) is 32.0 Å². The molecule has 1 saturated heterocycles. The van der Waals surface area contributed by atoms with Gasteiger partial charge in [-0.15, -0.1) is 0 Å². The maximum absolute atomic E-state index is 12.3. The second-order valence-corrected chi connectivity index (χ2v) is 5.18. The number of aromatic hydroxyl groups is 1. The number of carbonyl (C=O) groups excluding carboxylic acids is 1. The smallest absolute Gasteiger partial charge is 0.255 e. The third kappa shape index (κ3) is 3.28. The lowest BCUT2D eigenvalue weighted by molar-refractivity contribution is 0.0630. The maximum atomic E-state index is 12.3. The molecule has 20 heavy (non-hydrogen) atoms. The number of likely N-dealkylation sites (tertiary alicyclic amines) is 1. The molecule has 2 rings (SSSR count). The van der Waals surface area contributed by atoms with Crippen LogP contribution in [0.4, 0.5) is 0 Å². The molecule has 1 aromatic heterocycles. The molecule has 5 nitrogen and oxygen atoms in total. The molecule has 2 heterocycles. The van der Waals surface area contributed by atoms with Gasteiger partial charge in [0, 0.05) is 25.3 Å². The molecule has 1 aliphatic heterocycles. The molecule has 0 bridgehead atoms. The first kappa shape index (κ1) is 14.8. The Bertz CT molecular complexity index is 452. The normalized spacial score (nSPS) is 16.6. The average Bonchev–Trinajstić information content (AvgIpc) is 2.48. The standard InChI is InChI=1S/C15H23N3O2/c1-3-17(4-2)13-5-7-18(8-6-13)15(20)12-9-14(19)11-16-10-12/h9-11,13,19H,3-8H2,1-2H3. The molecule has 5 heteroatoms. The Morgan fingerprint density at radius 3 is 2.55 bits per heavy atom. The van der Waals surface area contributed by atoms with Gasteiger partial charge < -0.3 is 14.9 Å². The first-order valence-electron chi connectivity index (χ1n) is 7.33. The summed E-state index contributed by atoms with van der Waals surface area (Å²) in [5.74, 6) is 0.000254. The van der Waals surface area contributed by atoms with E-state index >= 15 is 0 Å². The minimum Gasteiger partial charge on any atom is -0.506 e. The van der Waals surface area contributed by atoms with E-state index in [1.165, 1.54) is 18.5 Å². The summed E-state index contributed by atoms with van der Waals surface area (Å²) in [6, 6.07) is 2.06. The fourth-order valence-electron chi connectivity index (χ4n) is 2.90. The highest BCUT2D eigenvalue weighted by molar-refractivity contribution is 5.94. The van der Waals surface area contributed by atoms with Crippen LogP contribution in [0.15, 0.2) is 18.5 Å². The van der Waals surface area contributed by atoms with Crippen LogP contribution in [0, 0.1) is 0 Å². The summed E-state index contributed by atoms with van der Waals surface area (Å²) in [7, 11) is 0. The van der Waals surface area contributed by atoms with Crippen LogP contribution in [0.1, 0.15) is 37.0 Å². The summed E-state index contributed by atoms with van der Waals surface area (Å²) in [4.78, 5) is 20.5. The highest BCUT2D eigenvalue weighted by Gasteiger charge is 2.26. The largest absolute Gasteiger partial charge is 0.506 e. The van der Waals surface area contributed by atoms with E-state index in [-0.39, 0.29) is 11.7 Å². The number of amides is 1. The van der Waals surface area contributed by atoms with Crippen LogP contribution >= 0.6 is 0 Å². The lowest BCUT2D eigenvalue weighted by Gasteiger charge is -2.37. The van der Waals surface area contributed by atoms with Crippen LogP contribution in [-0.4, -0.2) is 58.0 Å². The molecule has 1 amide bonds. The first-order chi connectivity index (χ1) is 9.65. The van der Waals surface area contributed by atoms with Crippen molar-refractivity contribution in [2.75, 3.05) is 26.2 Å².